The van der Waals surface area contributed by atoms with E-state index in [1.807, 2.05) is 42.5 Å². The fourth-order valence-electron chi connectivity index (χ4n) is 2.76. The normalized spacial score (nSPS) is 10.6. The number of methoxy groups -OCH3 is 1. The van der Waals surface area contributed by atoms with Gasteiger partial charge < -0.3 is 14.2 Å². The first-order chi connectivity index (χ1) is 15.1. The molecule has 0 aromatic heterocycles. The third kappa shape index (κ3) is 6.05. The molecule has 0 N–H and O–H groups in total. The molecule has 0 aliphatic rings. The van der Waals surface area contributed by atoms with Crippen molar-refractivity contribution < 1.29 is 23.8 Å². The van der Waals surface area contributed by atoms with Crippen LogP contribution in [0, 0.1) is 11.3 Å². The minimum Gasteiger partial charge on any atom is -0.482 e. The zero-order valence-corrected chi connectivity index (χ0v) is 16.8. The van der Waals surface area contributed by atoms with Crippen molar-refractivity contribution in [1.82, 2.24) is 0 Å². The van der Waals surface area contributed by atoms with Crippen LogP contribution in [0.5, 0.6) is 11.5 Å². The summed E-state index contributed by atoms with van der Waals surface area (Å²) in [7, 11) is 1.20. The Morgan fingerprint density at radius 2 is 1.61 bits per heavy atom. The van der Waals surface area contributed by atoms with E-state index in [1.165, 1.54) is 19.3 Å². The second-order valence-electron chi connectivity index (χ2n) is 6.39. The quantitative estimate of drug-likeness (QED) is 0.247. The average molecular weight is 413 g/mol. The Labute approximate surface area is 179 Å². The lowest BCUT2D eigenvalue weighted by molar-refractivity contribution is -0.137. The van der Waals surface area contributed by atoms with Gasteiger partial charge in [-0.05, 0) is 47.0 Å². The van der Waals surface area contributed by atoms with Crippen molar-refractivity contribution in [3.05, 3.63) is 90.0 Å². The van der Waals surface area contributed by atoms with E-state index in [1.54, 1.807) is 36.4 Å². The van der Waals surface area contributed by atoms with Gasteiger partial charge in [0.2, 0.25) is 0 Å². The van der Waals surface area contributed by atoms with Crippen LogP contribution >= 0.6 is 0 Å². The van der Waals surface area contributed by atoms with Gasteiger partial charge in [-0.3, -0.25) is 0 Å². The predicted molar refractivity (Wildman–Crippen MR) is 115 cm³/mol. The third-order valence-electron chi connectivity index (χ3n) is 4.24. The molecule has 6 nitrogen and oxygen atoms in total. The lowest BCUT2D eigenvalue weighted by Crippen LogP contribution is -2.17. The van der Waals surface area contributed by atoms with Crippen molar-refractivity contribution in [3.63, 3.8) is 0 Å². The van der Waals surface area contributed by atoms with Gasteiger partial charge in [-0.25, -0.2) is 9.59 Å². The Balaban J connectivity index is 1.58. The Hall–Kier alpha value is -4.37. The fourth-order valence-corrected chi connectivity index (χ4v) is 2.76. The number of nitriles is 1. The number of benzene rings is 3. The van der Waals surface area contributed by atoms with E-state index < -0.39 is 11.9 Å². The number of carbonyl (C=O) groups is 2. The lowest BCUT2D eigenvalue weighted by Gasteiger charge is -2.08. The molecule has 3 aromatic carbocycles. The summed E-state index contributed by atoms with van der Waals surface area (Å²) in [6.07, 6.45) is 1.36. The molecule has 0 spiro atoms. The van der Waals surface area contributed by atoms with Crippen LogP contribution in [0.2, 0.25) is 0 Å². The molecular weight excluding hydrogens is 394 g/mol. The van der Waals surface area contributed by atoms with Gasteiger partial charge in [0.25, 0.3) is 0 Å². The maximum atomic E-state index is 12.1. The summed E-state index contributed by atoms with van der Waals surface area (Å²) >= 11 is 0. The monoisotopic (exact) mass is 413 g/mol. The van der Waals surface area contributed by atoms with E-state index in [9.17, 15) is 9.59 Å². The molecule has 0 aliphatic heterocycles. The molecule has 6 heteroatoms. The Morgan fingerprint density at radius 3 is 2.29 bits per heavy atom. The van der Waals surface area contributed by atoms with Gasteiger partial charge in [-0.2, -0.15) is 5.26 Å². The molecule has 0 fully saturated rings. The SMILES string of the molecule is COC(=O)/C(C#N)=C/c1cccc(OC(=O)COc2ccc(-c3ccccc3)cc2)c1. The molecule has 0 unspecified atom stereocenters. The first kappa shape index (κ1) is 21.3. The summed E-state index contributed by atoms with van der Waals surface area (Å²) in [5, 5.41) is 9.04. The number of esters is 2. The van der Waals surface area contributed by atoms with Crippen LogP contribution in [0.4, 0.5) is 0 Å². The molecule has 3 aromatic rings. The zero-order chi connectivity index (χ0) is 22.1. The molecular formula is C25H19NO5. The number of ether oxygens (including phenoxy) is 3. The van der Waals surface area contributed by atoms with Crippen molar-refractivity contribution in [2.24, 2.45) is 0 Å². The fraction of sp³-hybridized carbons (Fsp3) is 0.0800. The van der Waals surface area contributed by atoms with E-state index in [4.69, 9.17) is 14.7 Å². The second-order valence-corrected chi connectivity index (χ2v) is 6.39. The molecule has 0 radical (unpaired) electrons. The number of hydrogen-bond donors (Lipinski definition) is 0. The third-order valence-corrected chi connectivity index (χ3v) is 4.24. The summed E-state index contributed by atoms with van der Waals surface area (Å²) in [4.78, 5) is 23.6. The van der Waals surface area contributed by atoms with Gasteiger partial charge in [-0.1, -0.05) is 54.6 Å². The Morgan fingerprint density at radius 1 is 0.903 bits per heavy atom. The predicted octanol–water partition coefficient (Wildman–Crippen LogP) is 4.42. The number of nitrogens with zero attached hydrogens (tertiary/aromatic N) is 1. The van der Waals surface area contributed by atoms with Crippen molar-refractivity contribution >= 4 is 18.0 Å². The van der Waals surface area contributed by atoms with Crippen LogP contribution in [0.15, 0.2) is 84.4 Å². The molecule has 31 heavy (non-hydrogen) atoms. The van der Waals surface area contributed by atoms with Gasteiger partial charge in [0.15, 0.2) is 6.61 Å². The van der Waals surface area contributed by atoms with Crippen LogP contribution in [-0.4, -0.2) is 25.7 Å². The van der Waals surface area contributed by atoms with Crippen LogP contribution in [0.25, 0.3) is 17.2 Å². The van der Waals surface area contributed by atoms with Gasteiger partial charge in [0, 0.05) is 0 Å². The highest BCUT2D eigenvalue weighted by molar-refractivity contribution is 5.97. The molecule has 0 saturated heterocycles. The van der Waals surface area contributed by atoms with Crippen molar-refractivity contribution in [2.45, 2.75) is 0 Å². The Kier molecular flexibility index (Phi) is 7.17. The van der Waals surface area contributed by atoms with E-state index in [0.29, 0.717) is 11.3 Å². The first-order valence-electron chi connectivity index (χ1n) is 9.38. The average Bonchev–Trinajstić information content (AvgIpc) is 2.82. The summed E-state index contributed by atoms with van der Waals surface area (Å²) in [6, 6.07) is 25.5. The first-order valence-corrected chi connectivity index (χ1v) is 9.38. The smallest absolute Gasteiger partial charge is 0.349 e. The van der Waals surface area contributed by atoms with Gasteiger partial charge in [0.1, 0.15) is 23.1 Å². The topological polar surface area (TPSA) is 85.6 Å². The number of hydrogen-bond acceptors (Lipinski definition) is 6. The molecule has 0 aliphatic carbocycles. The molecule has 0 bridgehead atoms. The summed E-state index contributed by atoms with van der Waals surface area (Å²) in [6.45, 7) is -0.268. The van der Waals surface area contributed by atoms with Gasteiger partial charge in [0.05, 0.1) is 7.11 Å². The van der Waals surface area contributed by atoms with Gasteiger partial charge in [-0.15, -0.1) is 0 Å². The maximum Gasteiger partial charge on any atom is 0.349 e. The van der Waals surface area contributed by atoms with Gasteiger partial charge >= 0.3 is 11.9 Å². The summed E-state index contributed by atoms with van der Waals surface area (Å²) in [5.41, 5.74) is 2.50. The lowest BCUT2D eigenvalue weighted by atomic mass is 10.1. The van der Waals surface area contributed by atoms with Crippen LogP contribution in [-0.2, 0) is 14.3 Å². The van der Waals surface area contributed by atoms with Crippen molar-refractivity contribution in [2.75, 3.05) is 13.7 Å². The Bertz CT molecular complexity index is 1130. The number of rotatable bonds is 7. The highest BCUT2D eigenvalue weighted by atomic mass is 16.6. The highest BCUT2D eigenvalue weighted by Gasteiger charge is 2.10. The van der Waals surface area contributed by atoms with E-state index >= 15 is 0 Å². The minimum absolute atomic E-state index is 0.159. The van der Waals surface area contributed by atoms with Crippen LogP contribution < -0.4 is 9.47 Å². The molecule has 0 saturated carbocycles. The van der Waals surface area contributed by atoms with Crippen molar-refractivity contribution in [1.29, 1.82) is 5.26 Å². The summed E-state index contributed by atoms with van der Waals surface area (Å²) in [5.74, 6) is -0.507. The van der Waals surface area contributed by atoms with Crippen molar-refractivity contribution in [3.8, 4) is 28.7 Å². The number of carbonyl (C=O) groups excluding carboxylic acids is 2. The molecule has 154 valence electrons. The molecule has 0 atom stereocenters. The van der Waals surface area contributed by atoms with Crippen LogP contribution in [0.3, 0.4) is 0 Å². The van der Waals surface area contributed by atoms with E-state index in [-0.39, 0.29) is 17.9 Å². The molecule has 0 heterocycles. The molecule has 3 rings (SSSR count). The maximum absolute atomic E-state index is 12.1. The zero-order valence-electron chi connectivity index (χ0n) is 16.8. The van der Waals surface area contributed by atoms with Crippen LogP contribution in [0.1, 0.15) is 5.56 Å². The molecule has 0 amide bonds. The minimum atomic E-state index is -0.739. The summed E-state index contributed by atoms with van der Waals surface area (Å²) < 4.78 is 15.3. The van der Waals surface area contributed by atoms with E-state index in [2.05, 4.69) is 4.74 Å². The second kappa shape index (κ2) is 10.4. The highest BCUT2D eigenvalue weighted by Crippen LogP contribution is 2.22. The largest absolute Gasteiger partial charge is 0.482 e. The van der Waals surface area contributed by atoms with E-state index in [0.717, 1.165) is 11.1 Å². The standard InChI is InChI=1S/C25H19NO5/c1-29-25(28)21(16-26)14-18-6-5-9-23(15-18)31-24(27)17-30-22-12-10-20(11-13-22)19-7-3-2-4-8-19/h2-15H,17H2,1H3/b21-14+.